The second-order valence-corrected chi connectivity index (χ2v) is 4.86. The van der Waals surface area contributed by atoms with Crippen molar-refractivity contribution in [3.8, 4) is 0 Å². The molecule has 0 saturated carbocycles. The van der Waals surface area contributed by atoms with Crippen molar-refractivity contribution < 1.29 is 18.0 Å². The van der Waals surface area contributed by atoms with Gasteiger partial charge in [-0.25, -0.2) is 13.2 Å². The van der Waals surface area contributed by atoms with Crippen molar-refractivity contribution in [2.75, 3.05) is 0 Å². The van der Waals surface area contributed by atoms with Gasteiger partial charge in [-0.2, -0.15) is 0 Å². The Balaban J connectivity index is 3.24. The minimum Gasteiger partial charge on any atom is -0.289 e. The van der Waals surface area contributed by atoms with Gasteiger partial charge in [-0.05, 0) is 12.1 Å². The molecule has 0 N–H and O–H groups in total. The first-order valence-electron chi connectivity index (χ1n) is 3.49. The zero-order valence-electron chi connectivity index (χ0n) is 6.83. The minimum absolute atomic E-state index is 0.461. The first kappa shape index (κ1) is 12.6. The quantitative estimate of drug-likeness (QED) is 0.435. The topological polar surface area (TPSA) is 17.1 Å². The smallest absolute Gasteiger partial charge is 0.253 e. The molecule has 0 aromatic heterocycles. The summed E-state index contributed by atoms with van der Waals surface area (Å²) in [6.07, 6.45) is 0. The van der Waals surface area contributed by atoms with E-state index in [-0.39, 0.29) is 0 Å². The van der Waals surface area contributed by atoms with Crippen LogP contribution in [0.3, 0.4) is 0 Å². The standard InChI is InChI=1S/C8H2Cl3F3O/c9-8(10,11)7(15)3-1-4(12)6(14)5(13)2-3/h1-2H. The van der Waals surface area contributed by atoms with E-state index in [2.05, 4.69) is 0 Å². The molecule has 0 unspecified atom stereocenters. The van der Waals surface area contributed by atoms with Gasteiger partial charge in [-0.3, -0.25) is 4.79 Å². The summed E-state index contributed by atoms with van der Waals surface area (Å²) in [6.45, 7) is 0. The molecule has 0 spiro atoms. The molecule has 0 saturated heterocycles. The first-order valence-corrected chi connectivity index (χ1v) is 4.63. The van der Waals surface area contributed by atoms with Crippen molar-refractivity contribution >= 4 is 40.6 Å². The van der Waals surface area contributed by atoms with Crippen LogP contribution in [0.2, 0.25) is 0 Å². The van der Waals surface area contributed by atoms with E-state index >= 15 is 0 Å². The molecule has 0 radical (unpaired) electrons. The van der Waals surface area contributed by atoms with Crippen LogP contribution >= 0.6 is 34.8 Å². The predicted molar refractivity (Wildman–Crippen MR) is 50.9 cm³/mol. The van der Waals surface area contributed by atoms with Crippen molar-refractivity contribution in [1.82, 2.24) is 0 Å². The van der Waals surface area contributed by atoms with Gasteiger partial charge in [-0.15, -0.1) is 0 Å². The Kier molecular flexibility index (Phi) is 3.53. The fourth-order valence-electron chi connectivity index (χ4n) is 0.850. The summed E-state index contributed by atoms with van der Waals surface area (Å²) in [5.41, 5.74) is -0.550. The fourth-order valence-corrected chi connectivity index (χ4v) is 1.18. The summed E-state index contributed by atoms with van der Waals surface area (Å²) < 4.78 is 35.6. The predicted octanol–water partition coefficient (Wildman–Crippen LogP) is 3.66. The molecule has 7 heteroatoms. The van der Waals surface area contributed by atoms with E-state index in [0.717, 1.165) is 0 Å². The van der Waals surface area contributed by atoms with Gasteiger partial charge in [0.2, 0.25) is 5.78 Å². The normalized spacial score (nSPS) is 11.6. The Labute approximate surface area is 97.7 Å². The van der Waals surface area contributed by atoms with Crippen LogP contribution in [0.5, 0.6) is 0 Å². The average Bonchev–Trinajstić information content (AvgIpc) is 2.10. The number of benzene rings is 1. The molecular weight excluding hydrogens is 275 g/mol. The summed E-state index contributed by atoms with van der Waals surface area (Å²) in [6, 6.07) is 0.922. The molecule has 1 nitrogen and oxygen atoms in total. The first-order chi connectivity index (χ1) is 6.73. The Bertz CT molecular complexity index is 391. The second kappa shape index (κ2) is 4.20. The van der Waals surface area contributed by atoms with E-state index < -0.39 is 32.6 Å². The zero-order chi connectivity index (χ0) is 11.8. The third-order valence-corrected chi connectivity index (χ3v) is 2.02. The molecule has 82 valence electrons. The fraction of sp³-hybridized carbons (Fsp3) is 0.125. The van der Waals surface area contributed by atoms with E-state index in [1.807, 2.05) is 0 Å². The van der Waals surface area contributed by atoms with Crippen molar-refractivity contribution in [3.63, 3.8) is 0 Å². The van der Waals surface area contributed by atoms with Crippen LogP contribution < -0.4 is 0 Å². The van der Waals surface area contributed by atoms with Gasteiger partial charge >= 0.3 is 0 Å². The maximum atomic E-state index is 12.7. The van der Waals surface area contributed by atoms with E-state index in [0.29, 0.717) is 12.1 Å². The third kappa shape index (κ3) is 2.77. The van der Waals surface area contributed by atoms with Gasteiger partial charge < -0.3 is 0 Å². The highest BCUT2D eigenvalue weighted by atomic mass is 35.6. The van der Waals surface area contributed by atoms with Crippen LogP contribution in [0.15, 0.2) is 12.1 Å². The lowest BCUT2D eigenvalue weighted by atomic mass is 10.1. The van der Waals surface area contributed by atoms with Crippen LogP contribution in [-0.4, -0.2) is 9.58 Å². The van der Waals surface area contributed by atoms with Crippen LogP contribution in [0.1, 0.15) is 10.4 Å². The molecule has 1 rings (SSSR count). The van der Waals surface area contributed by atoms with Crippen LogP contribution in [-0.2, 0) is 0 Å². The molecule has 0 amide bonds. The van der Waals surface area contributed by atoms with Gasteiger partial charge in [-0.1, -0.05) is 34.8 Å². The van der Waals surface area contributed by atoms with Gasteiger partial charge in [0.1, 0.15) is 0 Å². The number of carbonyl (C=O) groups excluding carboxylic acids is 1. The SMILES string of the molecule is O=C(c1cc(F)c(F)c(F)c1)C(Cl)(Cl)Cl. The highest BCUT2D eigenvalue weighted by molar-refractivity contribution is 6.77. The van der Waals surface area contributed by atoms with Gasteiger partial charge in [0.25, 0.3) is 3.79 Å². The Morgan fingerprint density at radius 1 is 1.07 bits per heavy atom. The third-order valence-electron chi connectivity index (χ3n) is 1.50. The molecule has 0 bridgehead atoms. The lowest BCUT2D eigenvalue weighted by molar-refractivity contribution is 0.0995. The molecule has 0 aliphatic rings. The van der Waals surface area contributed by atoms with Gasteiger partial charge in [0.15, 0.2) is 17.5 Å². The van der Waals surface area contributed by atoms with Crippen LogP contribution in [0.4, 0.5) is 13.2 Å². The van der Waals surface area contributed by atoms with E-state index in [9.17, 15) is 18.0 Å². The number of carbonyl (C=O) groups is 1. The lowest BCUT2D eigenvalue weighted by Gasteiger charge is -2.09. The Hall–Kier alpha value is -0.450. The van der Waals surface area contributed by atoms with Crippen molar-refractivity contribution in [2.24, 2.45) is 0 Å². The number of halogens is 6. The van der Waals surface area contributed by atoms with E-state index in [1.165, 1.54) is 0 Å². The van der Waals surface area contributed by atoms with Crippen LogP contribution in [0, 0.1) is 17.5 Å². The molecule has 0 fully saturated rings. The largest absolute Gasteiger partial charge is 0.289 e. The Morgan fingerprint density at radius 3 is 1.80 bits per heavy atom. The highest BCUT2D eigenvalue weighted by Gasteiger charge is 2.32. The molecule has 15 heavy (non-hydrogen) atoms. The van der Waals surface area contributed by atoms with E-state index in [4.69, 9.17) is 34.8 Å². The number of rotatable bonds is 1. The minimum atomic E-state index is -2.34. The van der Waals surface area contributed by atoms with Gasteiger partial charge in [0.05, 0.1) is 0 Å². The molecule has 1 aromatic carbocycles. The number of hydrogen-bond acceptors (Lipinski definition) is 1. The summed E-state index contributed by atoms with van der Waals surface area (Å²) in [7, 11) is 0. The number of alkyl halides is 3. The Morgan fingerprint density at radius 2 is 1.47 bits per heavy atom. The maximum absolute atomic E-state index is 12.7. The van der Waals surface area contributed by atoms with E-state index in [1.54, 1.807) is 0 Å². The lowest BCUT2D eigenvalue weighted by Crippen LogP contribution is -2.19. The molecule has 0 aliphatic heterocycles. The molecule has 0 heterocycles. The summed E-state index contributed by atoms with van der Waals surface area (Å²) in [4.78, 5) is 11.2. The molecule has 1 aromatic rings. The van der Waals surface area contributed by atoms with Gasteiger partial charge in [0, 0.05) is 5.56 Å². The molecular formula is C8H2Cl3F3O. The monoisotopic (exact) mass is 276 g/mol. The molecule has 0 atom stereocenters. The summed E-state index contributed by atoms with van der Waals surface area (Å²) >= 11 is 15.6. The van der Waals surface area contributed by atoms with Crippen molar-refractivity contribution in [2.45, 2.75) is 3.79 Å². The highest BCUT2D eigenvalue weighted by Crippen LogP contribution is 2.31. The van der Waals surface area contributed by atoms with Crippen molar-refractivity contribution in [3.05, 3.63) is 35.1 Å². The number of hydrogen-bond donors (Lipinski definition) is 0. The second-order valence-electron chi connectivity index (χ2n) is 2.58. The van der Waals surface area contributed by atoms with Crippen molar-refractivity contribution in [1.29, 1.82) is 0 Å². The maximum Gasteiger partial charge on any atom is 0.253 e. The van der Waals surface area contributed by atoms with Crippen LogP contribution in [0.25, 0.3) is 0 Å². The number of Topliss-reactive ketones (excluding diaryl/α,β-unsaturated/α-hetero) is 1. The average molecular weight is 277 g/mol. The summed E-state index contributed by atoms with van der Waals surface area (Å²) in [5.74, 6) is -5.86. The number of ketones is 1. The molecule has 0 aliphatic carbocycles. The zero-order valence-corrected chi connectivity index (χ0v) is 9.10. The summed E-state index contributed by atoms with van der Waals surface area (Å²) in [5, 5.41) is 0.